The maximum Gasteiger partial charge on any atom is 0.416 e. The van der Waals surface area contributed by atoms with Gasteiger partial charge in [-0.05, 0) is 41.8 Å². The Bertz CT molecular complexity index is 913. The van der Waals surface area contributed by atoms with Crippen LogP contribution in [0.1, 0.15) is 46.8 Å². The summed E-state index contributed by atoms with van der Waals surface area (Å²) < 4.78 is 48.7. The zero-order chi connectivity index (χ0) is 23.7. The number of nitrogens with one attached hydrogen (secondary N) is 1. The van der Waals surface area contributed by atoms with Crippen molar-refractivity contribution in [1.82, 2.24) is 5.32 Å². The van der Waals surface area contributed by atoms with Gasteiger partial charge in [-0.1, -0.05) is 31.5 Å². The van der Waals surface area contributed by atoms with Crippen LogP contribution in [0.4, 0.5) is 13.2 Å². The number of rotatable bonds is 11. The maximum absolute atomic E-state index is 12.7. The second kappa shape index (κ2) is 11.5. The Balaban J connectivity index is 2.10. The predicted octanol–water partition coefficient (Wildman–Crippen LogP) is 4.46. The number of benzene rings is 2. The first-order valence-corrected chi connectivity index (χ1v) is 10.1. The van der Waals surface area contributed by atoms with Crippen molar-refractivity contribution in [2.24, 2.45) is 0 Å². The molecule has 0 aliphatic rings. The number of alkyl halides is 3. The molecule has 2 aromatic rings. The Labute approximate surface area is 184 Å². The first-order valence-electron chi connectivity index (χ1n) is 10.1. The van der Waals surface area contributed by atoms with Gasteiger partial charge in [-0.25, -0.2) is 4.79 Å². The Morgan fingerprint density at radius 1 is 1.09 bits per heavy atom. The van der Waals surface area contributed by atoms with Gasteiger partial charge in [0, 0.05) is 19.6 Å². The zero-order valence-corrected chi connectivity index (χ0v) is 17.9. The SMILES string of the molecule is CCCCOC(Cc1ccc(OC)c(C(=O)NCc2ccc(C(F)(F)F)cc2)c1)C(=O)O. The highest BCUT2D eigenvalue weighted by Crippen LogP contribution is 2.29. The van der Waals surface area contributed by atoms with E-state index < -0.39 is 29.7 Å². The molecule has 174 valence electrons. The smallest absolute Gasteiger partial charge is 0.416 e. The van der Waals surface area contributed by atoms with E-state index in [1.807, 2.05) is 6.92 Å². The minimum Gasteiger partial charge on any atom is -0.496 e. The summed E-state index contributed by atoms with van der Waals surface area (Å²) in [5, 5.41) is 12.0. The third-order valence-corrected chi connectivity index (χ3v) is 4.76. The highest BCUT2D eigenvalue weighted by atomic mass is 19.4. The fourth-order valence-electron chi connectivity index (χ4n) is 2.95. The third-order valence-electron chi connectivity index (χ3n) is 4.76. The highest BCUT2D eigenvalue weighted by Gasteiger charge is 2.30. The molecule has 0 aliphatic heterocycles. The van der Waals surface area contributed by atoms with Crippen LogP contribution in [0, 0.1) is 0 Å². The van der Waals surface area contributed by atoms with E-state index in [-0.39, 0.29) is 24.3 Å². The molecule has 6 nitrogen and oxygen atoms in total. The average Bonchev–Trinajstić information content (AvgIpc) is 2.76. The molecule has 2 rings (SSSR count). The van der Waals surface area contributed by atoms with Gasteiger partial charge in [0.1, 0.15) is 5.75 Å². The van der Waals surface area contributed by atoms with Crippen LogP contribution in [0.3, 0.4) is 0 Å². The standard InChI is InChI=1S/C23H26F3NO5/c1-3-4-11-32-20(22(29)30)13-16-7-10-19(31-2)18(12-16)21(28)27-14-15-5-8-17(9-6-15)23(24,25)26/h5-10,12,20H,3-4,11,13-14H2,1-2H3,(H,27,28)(H,29,30). The molecule has 0 radical (unpaired) electrons. The van der Waals surface area contributed by atoms with Crippen molar-refractivity contribution in [1.29, 1.82) is 0 Å². The van der Waals surface area contributed by atoms with Crippen molar-refractivity contribution in [3.63, 3.8) is 0 Å². The predicted molar refractivity (Wildman–Crippen MR) is 112 cm³/mol. The fourth-order valence-corrected chi connectivity index (χ4v) is 2.95. The number of hydrogen-bond donors (Lipinski definition) is 2. The lowest BCUT2D eigenvalue weighted by molar-refractivity contribution is -0.150. The minimum absolute atomic E-state index is 0.0161. The lowest BCUT2D eigenvalue weighted by atomic mass is 10.0. The number of amides is 1. The molecule has 1 unspecified atom stereocenters. The molecule has 32 heavy (non-hydrogen) atoms. The quantitative estimate of drug-likeness (QED) is 0.491. The van der Waals surface area contributed by atoms with Crippen LogP contribution in [0.15, 0.2) is 42.5 Å². The lowest BCUT2D eigenvalue weighted by Crippen LogP contribution is -2.27. The van der Waals surface area contributed by atoms with E-state index in [9.17, 15) is 27.9 Å². The van der Waals surface area contributed by atoms with Gasteiger partial charge in [0.25, 0.3) is 5.91 Å². The number of carbonyl (C=O) groups excluding carboxylic acids is 1. The van der Waals surface area contributed by atoms with Crippen molar-refractivity contribution in [2.45, 2.75) is 45.0 Å². The summed E-state index contributed by atoms with van der Waals surface area (Å²) >= 11 is 0. The van der Waals surface area contributed by atoms with Gasteiger partial charge in [-0.15, -0.1) is 0 Å². The Hall–Kier alpha value is -3.07. The monoisotopic (exact) mass is 453 g/mol. The van der Waals surface area contributed by atoms with E-state index in [2.05, 4.69) is 5.32 Å². The van der Waals surface area contributed by atoms with Gasteiger partial charge in [0.2, 0.25) is 0 Å². The molecule has 0 fully saturated rings. The number of halogens is 3. The number of carboxylic acids is 1. The molecule has 0 saturated carbocycles. The van der Waals surface area contributed by atoms with Crippen LogP contribution in [-0.4, -0.2) is 36.8 Å². The second-order valence-corrected chi connectivity index (χ2v) is 7.17. The van der Waals surface area contributed by atoms with Crippen LogP contribution in [0.25, 0.3) is 0 Å². The van der Waals surface area contributed by atoms with Crippen LogP contribution in [0.5, 0.6) is 5.75 Å². The van der Waals surface area contributed by atoms with Gasteiger partial charge in [0.15, 0.2) is 6.10 Å². The van der Waals surface area contributed by atoms with Crippen LogP contribution in [0.2, 0.25) is 0 Å². The Kier molecular flexibility index (Phi) is 9.07. The number of hydrogen-bond acceptors (Lipinski definition) is 4. The summed E-state index contributed by atoms with van der Waals surface area (Å²) in [6.07, 6.45) is -3.79. The molecule has 0 bridgehead atoms. The van der Waals surface area contributed by atoms with Crippen molar-refractivity contribution in [3.8, 4) is 5.75 Å². The molecule has 1 amide bonds. The summed E-state index contributed by atoms with van der Waals surface area (Å²) in [7, 11) is 1.40. The Morgan fingerprint density at radius 3 is 2.31 bits per heavy atom. The summed E-state index contributed by atoms with van der Waals surface area (Å²) in [4.78, 5) is 24.2. The highest BCUT2D eigenvalue weighted by molar-refractivity contribution is 5.97. The first-order chi connectivity index (χ1) is 15.2. The first kappa shape index (κ1) is 25.2. The molecule has 1 atom stereocenters. The Morgan fingerprint density at radius 2 is 1.75 bits per heavy atom. The molecular formula is C23H26F3NO5. The second-order valence-electron chi connectivity index (χ2n) is 7.17. The van der Waals surface area contributed by atoms with E-state index in [4.69, 9.17) is 9.47 Å². The minimum atomic E-state index is -4.43. The van der Waals surface area contributed by atoms with Gasteiger partial charge >= 0.3 is 12.1 Å². The number of methoxy groups -OCH3 is 1. The van der Waals surface area contributed by atoms with E-state index in [0.717, 1.165) is 25.0 Å². The molecule has 0 saturated heterocycles. The van der Waals surface area contributed by atoms with Crippen molar-refractivity contribution < 1.29 is 37.3 Å². The zero-order valence-electron chi connectivity index (χ0n) is 17.9. The maximum atomic E-state index is 12.7. The number of carboxylic acid groups (broad SMARTS) is 1. The fraction of sp³-hybridized carbons (Fsp3) is 0.391. The van der Waals surface area contributed by atoms with Gasteiger partial charge < -0.3 is 19.9 Å². The lowest BCUT2D eigenvalue weighted by Gasteiger charge is -2.15. The van der Waals surface area contributed by atoms with Crippen molar-refractivity contribution in [2.75, 3.05) is 13.7 Å². The largest absolute Gasteiger partial charge is 0.496 e. The van der Waals surface area contributed by atoms with E-state index in [0.29, 0.717) is 17.7 Å². The molecule has 2 aromatic carbocycles. The van der Waals surface area contributed by atoms with Crippen molar-refractivity contribution >= 4 is 11.9 Å². The number of carbonyl (C=O) groups is 2. The average molecular weight is 453 g/mol. The molecular weight excluding hydrogens is 427 g/mol. The summed E-state index contributed by atoms with van der Waals surface area (Å²) in [6.45, 7) is 2.31. The van der Waals surface area contributed by atoms with E-state index in [1.54, 1.807) is 12.1 Å². The summed E-state index contributed by atoms with van der Waals surface area (Å²) in [5.41, 5.74) is 0.497. The van der Waals surface area contributed by atoms with Crippen molar-refractivity contribution in [3.05, 3.63) is 64.7 Å². The summed E-state index contributed by atoms with van der Waals surface area (Å²) in [5.74, 6) is -1.30. The number of ether oxygens (including phenoxy) is 2. The topological polar surface area (TPSA) is 84.9 Å². The molecule has 2 N–H and O–H groups in total. The van der Waals surface area contributed by atoms with E-state index >= 15 is 0 Å². The summed E-state index contributed by atoms with van der Waals surface area (Å²) in [6, 6.07) is 9.24. The third kappa shape index (κ3) is 7.26. The molecule has 0 spiro atoms. The van der Waals surface area contributed by atoms with Gasteiger partial charge in [-0.2, -0.15) is 13.2 Å². The van der Waals surface area contributed by atoms with Crippen LogP contribution in [-0.2, 0) is 28.7 Å². The molecule has 9 heteroatoms. The van der Waals surface area contributed by atoms with Gasteiger partial charge in [0.05, 0.1) is 18.2 Å². The molecule has 0 heterocycles. The number of unbranched alkanes of at least 4 members (excludes halogenated alkanes) is 1. The number of aliphatic carboxylic acids is 1. The molecule has 0 aromatic heterocycles. The van der Waals surface area contributed by atoms with E-state index in [1.165, 1.54) is 25.3 Å². The van der Waals surface area contributed by atoms with Gasteiger partial charge in [-0.3, -0.25) is 4.79 Å². The molecule has 0 aliphatic carbocycles. The van der Waals surface area contributed by atoms with Crippen LogP contribution >= 0.6 is 0 Å². The van der Waals surface area contributed by atoms with Crippen LogP contribution < -0.4 is 10.1 Å². The normalized spacial score (nSPS) is 12.3.